The third-order valence-corrected chi connectivity index (χ3v) is 6.90. The number of carbonyl (C=O) groups excluding carboxylic acids is 1. The maximum Gasteiger partial charge on any atom is 0.223 e. The lowest BCUT2D eigenvalue weighted by Gasteiger charge is -2.28. The Morgan fingerprint density at radius 3 is 2.68 bits per heavy atom. The number of benzene rings is 1. The first-order valence-electron chi connectivity index (χ1n) is 9.91. The standard InChI is InChI=1S/C21H28N2O4S/c1-3-4-13-23(18-12-14-28(25,26)15-18)20(24)11-10-19-22-16(2)21(27-19)17-8-6-5-7-9-17/h5-9,18H,3-4,10-15H2,1-2H3. The molecule has 152 valence electrons. The topological polar surface area (TPSA) is 80.5 Å². The summed E-state index contributed by atoms with van der Waals surface area (Å²) >= 11 is 0. The van der Waals surface area contributed by atoms with Crippen molar-refractivity contribution in [1.82, 2.24) is 9.88 Å². The van der Waals surface area contributed by atoms with Gasteiger partial charge in [0.1, 0.15) is 0 Å². The van der Waals surface area contributed by atoms with Crippen LogP contribution in [0.4, 0.5) is 0 Å². The normalized spacial score (nSPS) is 18.3. The van der Waals surface area contributed by atoms with E-state index in [9.17, 15) is 13.2 Å². The number of amides is 1. The van der Waals surface area contributed by atoms with E-state index >= 15 is 0 Å². The third-order valence-electron chi connectivity index (χ3n) is 5.15. The van der Waals surface area contributed by atoms with Gasteiger partial charge in [0.05, 0.1) is 17.2 Å². The van der Waals surface area contributed by atoms with E-state index in [0.717, 1.165) is 29.9 Å². The van der Waals surface area contributed by atoms with Crippen LogP contribution in [0.5, 0.6) is 0 Å². The Morgan fingerprint density at radius 1 is 1.29 bits per heavy atom. The van der Waals surface area contributed by atoms with Gasteiger partial charge in [-0.15, -0.1) is 0 Å². The second-order valence-corrected chi connectivity index (χ2v) is 9.61. The molecule has 0 aliphatic carbocycles. The molecular weight excluding hydrogens is 376 g/mol. The van der Waals surface area contributed by atoms with Gasteiger partial charge in [0.15, 0.2) is 21.5 Å². The number of hydrogen-bond acceptors (Lipinski definition) is 5. The lowest BCUT2D eigenvalue weighted by Crippen LogP contribution is -2.41. The Hall–Kier alpha value is -2.15. The summed E-state index contributed by atoms with van der Waals surface area (Å²) in [5.74, 6) is 1.51. The summed E-state index contributed by atoms with van der Waals surface area (Å²) in [4.78, 5) is 19.1. The molecule has 3 rings (SSSR count). The van der Waals surface area contributed by atoms with Crippen LogP contribution in [0.25, 0.3) is 11.3 Å². The zero-order valence-corrected chi connectivity index (χ0v) is 17.4. The first kappa shape index (κ1) is 20.6. The van der Waals surface area contributed by atoms with Gasteiger partial charge in [0.2, 0.25) is 5.91 Å². The van der Waals surface area contributed by atoms with Crippen LogP contribution in [-0.2, 0) is 21.1 Å². The first-order valence-corrected chi connectivity index (χ1v) is 11.7. The molecule has 0 N–H and O–H groups in total. The maximum absolute atomic E-state index is 12.8. The van der Waals surface area contributed by atoms with Crippen molar-refractivity contribution in [2.45, 2.75) is 52.0 Å². The Labute approximate surface area is 166 Å². The molecule has 1 aromatic heterocycles. The van der Waals surface area contributed by atoms with Crippen molar-refractivity contribution >= 4 is 15.7 Å². The molecular formula is C21H28N2O4S. The van der Waals surface area contributed by atoms with Gasteiger partial charge >= 0.3 is 0 Å². The molecule has 1 fully saturated rings. The largest absolute Gasteiger partial charge is 0.440 e. The average Bonchev–Trinajstić information content (AvgIpc) is 3.23. The van der Waals surface area contributed by atoms with Crippen LogP contribution in [0.1, 0.15) is 44.2 Å². The third kappa shape index (κ3) is 5.01. The van der Waals surface area contributed by atoms with Crippen LogP contribution in [0.15, 0.2) is 34.7 Å². The van der Waals surface area contributed by atoms with Crippen molar-refractivity contribution in [3.63, 3.8) is 0 Å². The Bertz CT molecular complexity index is 906. The van der Waals surface area contributed by atoms with Gasteiger partial charge in [0, 0.05) is 31.0 Å². The van der Waals surface area contributed by atoms with Crippen LogP contribution >= 0.6 is 0 Å². The molecule has 1 saturated heterocycles. The molecule has 28 heavy (non-hydrogen) atoms. The van der Waals surface area contributed by atoms with Crippen LogP contribution in [0.2, 0.25) is 0 Å². The van der Waals surface area contributed by atoms with Crippen molar-refractivity contribution in [3.05, 3.63) is 41.9 Å². The van der Waals surface area contributed by atoms with E-state index in [1.165, 1.54) is 0 Å². The zero-order valence-electron chi connectivity index (χ0n) is 16.6. The van der Waals surface area contributed by atoms with Crippen molar-refractivity contribution in [1.29, 1.82) is 0 Å². The van der Waals surface area contributed by atoms with E-state index < -0.39 is 9.84 Å². The molecule has 1 aliphatic rings. The Kier molecular flexibility index (Phi) is 6.54. The second-order valence-electron chi connectivity index (χ2n) is 7.39. The van der Waals surface area contributed by atoms with Crippen LogP contribution in [0.3, 0.4) is 0 Å². The maximum atomic E-state index is 12.8. The smallest absolute Gasteiger partial charge is 0.223 e. The number of rotatable bonds is 8. The number of unbranched alkanes of at least 4 members (excludes halogenated alkanes) is 1. The summed E-state index contributed by atoms with van der Waals surface area (Å²) in [6.45, 7) is 4.57. The van der Waals surface area contributed by atoms with Gasteiger partial charge in [-0.3, -0.25) is 4.79 Å². The molecule has 0 spiro atoms. The van der Waals surface area contributed by atoms with Crippen LogP contribution < -0.4 is 0 Å². The fraction of sp³-hybridized carbons (Fsp3) is 0.524. The number of carbonyl (C=O) groups is 1. The lowest BCUT2D eigenvalue weighted by atomic mass is 10.1. The summed E-state index contributed by atoms with van der Waals surface area (Å²) in [6, 6.07) is 9.58. The molecule has 1 unspecified atom stereocenters. The lowest BCUT2D eigenvalue weighted by molar-refractivity contribution is -0.133. The highest BCUT2D eigenvalue weighted by Crippen LogP contribution is 2.25. The molecule has 1 atom stereocenters. The zero-order chi connectivity index (χ0) is 20.1. The molecule has 2 aromatic rings. The van der Waals surface area contributed by atoms with Crippen molar-refractivity contribution in [3.8, 4) is 11.3 Å². The van der Waals surface area contributed by atoms with Gasteiger partial charge < -0.3 is 9.32 Å². The van der Waals surface area contributed by atoms with Crippen LogP contribution in [0, 0.1) is 6.92 Å². The first-order chi connectivity index (χ1) is 13.4. The van der Waals surface area contributed by atoms with Gasteiger partial charge in [-0.1, -0.05) is 43.7 Å². The summed E-state index contributed by atoms with van der Waals surface area (Å²) in [5, 5.41) is 0. The van der Waals surface area contributed by atoms with Gasteiger partial charge in [0.25, 0.3) is 0 Å². The predicted octanol–water partition coefficient (Wildman–Crippen LogP) is 3.40. The van der Waals surface area contributed by atoms with E-state index in [-0.39, 0.29) is 29.9 Å². The highest BCUT2D eigenvalue weighted by Gasteiger charge is 2.34. The molecule has 2 heterocycles. The van der Waals surface area contributed by atoms with Gasteiger partial charge in [-0.05, 0) is 19.8 Å². The van der Waals surface area contributed by atoms with Crippen molar-refractivity contribution in [2.24, 2.45) is 0 Å². The molecule has 0 radical (unpaired) electrons. The Balaban J connectivity index is 1.66. The predicted molar refractivity (Wildman–Crippen MR) is 109 cm³/mol. The minimum Gasteiger partial charge on any atom is -0.440 e. The summed E-state index contributed by atoms with van der Waals surface area (Å²) < 4.78 is 29.6. The number of hydrogen-bond donors (Lipinski definition) is 0. The molecule has 7 heteroatoms. The molecule has 1 amide bonds. The van der Waals surface area contributed by atoms with Crippen LogP contribution in [-0.4, -0.2) is 48.3 Å². The molecule has 0 bridgehead atoms. The Morgan fingerprint density at radius 2 is 2.04 bits per heavy atom. The number of oxazole rings is 1. The fourth-order valence-corrected chi connectivity index (χ4v) is 5.37. The summed E-state index contributed by atoms with van der Waals surface area (Å²) in [5.41, 5.74) is 1.77. The molecule has 6 nitrogen and oxygen atoms in total. The van der Waals surface area contributed by atoms with E-state index in [4.69, 9.17) is 4.42 Å². The van der Waals surface area contributed by atoms with E-state index in [0.29, 0.717) is 25.3 Å². The van der Waals surface area contributed by atoms with E-state index in [1.54, 1.807) is 4.90 Å². The van der Waals surface area contributed by atoms with Crippen molar-refractivity contribution < 1.29 is 17.6 Å². The number of sulfone groups is 1. The molecule has 1 aromatic carbocycles. The van der Waals surface area contributed by atoms with E-state index in [2.05, 4.69) is 11.9 Å². The summed E-state index contributed by atoms with van der Waals surface area (Å²) in [6.07, 6.45) is 3.05. The van der Waals surface area contributed by atoms with Gasteiger partial charge in [-0.25, -0.2) is 13.4 Å². The monoisotopic (exact) mass is 404 g/mol. The quantitative estimate of drug-likeness (QED) is 0.674. The average molecular weight is 405 g/mol. The number of aryl methyl sites for hydroxylation is 2. The molecule has 0 saturated carbocycles. The highest BCUT2D eigenvalue weighted by molar-refractivity contribution is 7.91. The minimum absolute atomic E-state index is 0.0207. The number of nitrogens with zero attached hydrogens (tertiary/aromatic N) is 2. The molecule has 1 aliphatic heterocycles. The van der Waals surface area contributed by atoms with E-state index in [1.807, 2.05) is 37.3 Å². The summed E-state index contributed by atoms with van der Waals surface area (Å²) in [7, 11) is -3.02. The van der Waals surface area contributed by atoms with Gasteiger partial charge in [-0.2, -0.15) is 0 Å². The fourth-order valence-electron chi connectivity index (χ4n) is 3.63. The number of aromatic nitrogens is 1. The second kappa shape index (κ2) is 8.90. The minimum atomic E-state index is -3.02. The SMILES string of the molecule is CCCCN(C(=O)CCc1nc(C)c(-c2ccccc2)o1)C1CCS(=O)(=O)C1. The van der Waals surface area contributed by atoms with Crippen molar-refractivity contribution in [2.75, 3.05) is 18.1 Å². The highest BCUT2D eigenvalue weighted by atomic mass is 32.2.